The monoisotopic (exact) mass is 227 g/mol. The second kappa shape index (κ2) is 6.02. The highest BCUT2D eigenvalue weighted by Gasteiger charge is 2.33. The first kappa shape index (κ1) is 14.0. The Balaban J connectivity index is 2.57. The van der Waals surface area contributed by atoms with E-state index in [4.69, 9.17) is 0 Å². The van der Waals surface area contributed by atoms with Crippen LogP contribution in [-0.2, 0) is 0 Å². The summed E-state index contributed by atoms with van der Waals surface area (Å²) in [6.07, 6.45) is 4.96. The number of aliphatic hydroxyl groups excluding tert-OH is 1. The fraction of sp³-hybridized carbons (Fsp3) is 1.00. The maximum atomic E-state index is 9.57. The van der Waals surface area contributed by atoms with Crippen molar-refractivity contribution in [2.24, 2.45) is 11.3 Å². The Bertz CT molecular complexity index is 205. The first-order valence-electron chi connectivity index (χ1n) is 6.87. The van der Waals surface area contributed by atoms with Crippen LogP contribution in [0, 0.1) is 11.3 Å². The van der Waals surface area contributed by atoms with E-state index in [0.717, 1.165) is 31.3 Å². The number of likely N-dealkylation sites (tertiary alicyclic amines) is 1. The maximum Gasteiger partial charge on any atom is 0.0497 e. The largest absolute Gasteiger partial charge is 0.396 e. The van der Waals surface area contributed by atoms with Gasteiger partial charge in [0.25, 0.3) is 0 Å². The van der Waals surface area contributed by atoms with Gasteiger partial charge in [-0.05, 0) is 31.7 Å². The summed E-state index contributed by atoms with van der Waals surface area (Å²) in [5.41, 5.74) is 0.103. The molecule has 2 heteroatoms. The lowest BCUT2D eigenvalue weighted by Gasteiger charge is -2.36. The molecule has 0 aromatic heterocycles. The first-order chi connectivity index (χ1) is 7.52. The van der Waals surface area contributed by atoms with Gasteiger partial charge in [0.2, 0.25) is 0 Å². The quantitative estimate of drug-likeness (QED) is 0.754. The normalized spacial score (nSPS) is 26.2. The molecule has 1 saturated heterocycles. The van der Waals surface area contributed by atoms with E-state index in [9.17, 15) is 5.11 Å². The molecule has 16 heavy (non-hydrogen) atoms. The second-order valence-corrected chi connectivity index (χ2v) is 6.14. The Morgan fingerprint density at radius 1 is 1.44 bits per heavy atom. The molecule has 2 nitrogen and oxygen atoms in total. The van der Waals surface area contributed by atoms with Gasteiger partial charge in [0.05, 0.1) is 0 Å². The number of hydrogen-bond acceptors (Lipinski definition) is 2. The van der Waals surface area contributed by atoms with Gasteiger partial charge in [0.1, 0.15) is 0 Å². The molecule has 96 valence electrons. The van der Waals surface area contributed by atoms with Crippen molar-refractivity contribution in [2.75, 3.05) is 19.7 Å². The topological polar surface area (TPSA) is 23.5 Å². The van der Waals surface area contributed by atoms with Crippen LogP contribution in [0.1, 0.15) is 53.4 Å². The maximum absolute atomic E-state index is 9.57. The number of aliphatic hydroxyl groups is 1. The molecule has 1 N–H and O–H groups in total. The summed E-state index contributed by atoms with van der Waals surface area (Å²) < 4.78 is 0. The molecule has 0 radical (unpaired) electrons. The van der Waals surface area contributed by atoms with E-state index in [1.54, 1.807) is 0 Å². The van der Waals surface area contributed by atoms with Gasteiger partial charge in [-0.1, -0.05) is 34.1 Å². The van der Waals surface area contributed by atoms with Crippen LogP contribution >= 0.6 is 0 Å². The zero-order chi connectivity index (χ0) is 12.2. The van der Waals surface area contributed by atoms with Crippen molar-refractivity contribution in [2.45, 2.75) is 59.4 Å². The second-order valence-electron chi connectivity index (χ2n) is 6.14. The molecule has 0 aliphatic carbocycles. The molecule has 0 bridgehead atoms. The number of rotatable bonds is 6. The third-order valence-corrected chi connectivity index (χ3v) is 4.00. The van der Waals surface area contributed by atoms with Crippen molar-refractivity contribution < 1.29 is 5.11 Å². The standard InChI is InChI=1S/C14H29NO/c1-5-8-14(4,11-16)10-15-9-6-7-13(15)12(2)3/h12-13,16H,5-11H2,1-4H3. The van der Waals surface area contributed by atoms with E-state index in [0.29, 0.717) is 6.61 Å². The van der Waals surface area contributed by atoms with E-state index in [2.05, 4.69) is 32.6 Å². The summed E-state index contributed by atoms with van der Waals surface area (Å²) in [5.74, 6) is 0.743. The molecular formula is C14H29NO. The first-order valence-corrected chi connectivity index (χ1v) is 6.87. The fourth-order valence-electron chi connectivity index (χ4n) is 3.11. The van der Waals surface area contributed by atoms with Crippen LogP contribution in [0.4, 0.5) is 0 Å². The van der Waals surface area contributed by atoms with Crippen LogP contribution in [-0.4, -0.2) is 35.7 Å². The van der Waals surface area contributed by atoms with Crippen molar-refractivity contribution in [3.8, 4) is 0 Å². The van der Waals surface area contributed by atoms with Gasteiger partial charge in [0.15, 0.2) is 0 Å². The lowest BCUT2D eigenvalue weighted by Crippen LogP contribution is -2.42. The predicted molar refractivity (Wildman–Crippen MR) is 69.5 cm³/mol. The van der Waals surface area contributed by atoms with E-state index >= 15 is 0 Å². The fourth-order valence-corrected chi connectivity index (χ4v) is 3.11. The van der Waals surface area contributed by atoms with E-state index in [-0.39, 0.29) is 5.41 Å². The van der Waals surface area contributed by atoms with Crippen molar-refractivity contribution in [1.82, 2.24) is 4.90 Å². The van der Waals surface area contributed by atoms with Gasteiger partial charge in [-0.2, -0.15) is 0 Å². The van der Waals surface area contributed by atoms with Gasteiger partial charge in [-0.25, -0.2) is 0 Å². The molecule has 0 spiro atoms. The summed E-state index contributed by atoms with van der Waals surface area (Å²) in [6, 6.07) is 0.739. The zero-order valence-corrected chi connectivity index (χ0v) is 11.5. The number of hydrogen-bond donors (Lipinski definition) is 1. The van der Waals surface area contributed by atoms with E-state index in [1.807, 2.05) is 0 Å². The third-order valence-electron chi connectivity index (χ3n) is 4.00. The van der Waals surface area contributed by atoms with Gasteiger partial charge in [-0.3, -0.25) is 4.90 Å². The molecule has 0 amide bonds. The molecule has 0 aromatic carbocycles. The van der Waals surface area contributed by atoms with Crippen LogP contribution in [0.15, 0.2) is 0 Å². The molecule has 2 unspecified atom stereocenters. The SMILES string of the molecule is CCCC(C)(CO)CN1CCCC1C(C)C. The Labute approximate surface area is 101 Å². The zero-order valence-electron chi connectivity index (χ0n) is 11.5. The van der Waals surface area contributed by atoms with Crippen LogP contribution in [0.3, 0.4) is 0 Å². The summed E-state index contributed by atoms with van der Waals surface area (Å²) in [5, 5.41) is 9.57. The predicted octanol–water partition coefficient (Wildman–Crippen LogP) is 2.91. The Kier molecular flexibility index (Phi) is 5.26. The molecule has 1 heterocycles. The lowest BCUT2D eigenvalue weighted by molar-refractivity contribution is 0.0652. The number of nitrogens with zero attached hydrogens (tertiary/aromatic N) is 1. The van der Waals surface area contributed by atoms with Crippen LogP contribution < -0.4 is 0 Å². The minimum absolute atomic E-state index is 0.103. The van der Waals surface area contributed by atoms with Gasteiger partial charge < -0.3 is 5.11 Å². The van der Waals surface area contributed by atoms with Gasteiger partial charge in [0, 0.05) is 24.6 Å². The molecule has 0 aromatic rings. The molecule has 1 fully saturated rings. The summed E-state index contributed by atoms with van der Waals surface area (Å²) in [6.45, 7) is 11.7. The summed E-state index contributed by atoms with van der Waals surface area (Å²) >= 11 is 0. The smallest absolute Gasteiger partial charge is 0.0497 e. The summed E-state index contributed by atoms with van der Waals surface area (Å²) in [4.78, 5) is 2.61. The van der Waals surface area contributed by atoms with Crippen molar-refractivity contribution in [3.05, 3.63) is 0 Å². The van der Waals surface area contributed by atoms with Crippen molar-refractivity contribution >= 4 is 0 Å². The average Bonchev–Trinajstić information content (AvgIpc) is 2.66. The average molecular weight is 227 g/mol. The molecular weight excluding hydrogens is 198 g/mol. The minimum atomic E-state index is 0.103. The Morgan fingerprint density at radius 3 is 2.62 bits per heavy atom. The third kappa shape index (κ3) is 3.46. The molecule has 2 atom stereocenters. The van der Waals surface area contributed by atoms with Crippen LogP contribution in [0.25, 0.3) is 0 Å². The van der Waals surface area contributed by atoms with Gasteiger partial charge >= 0.3 is 0 Å². The molecule has 1 aliphatic rings. The van der Waals surface area contributed by atoms with Crippen LogP contribution in [0.2, 0.25) is 0 Å². The minimum Gasteiger partial charge on any atom is -0.396 e. The van der Waals surface area contributed by atoms with Crippen LogP contribution in [0.5, 0.6) is 0 Å². The summed E-state index contributed by atoms with van der Waals surface area (Å²) in [7, 11) is 0. The highest BCUT2D eigenvalue weighted by atomic mass is 16.3. The lowest BCUT2D eigenvalue weighted by atomic mass is 9.85. The van der Waals surface area contributed by atoms with Crippen molar-refractivity contribution in [3.63, 3.8) is 0 Å². The highest BCUT2D eigenvalue weighted by Crippen LogP contribution is 2.30. The molecule has 1 rings (SSSR count). The Hall–Kier alpha value is -0.0800. The molecule has 1 aliphatic heterocycles. The van der Waals surface area contributed by atoms with E-state index in [1.165, 1.54) is 19.4 Å². The van der Waals surface area contributed by atoms with E-state index < -0.39 is 0 Å². The highest BCUT2D eigenvalue weighted by molar-refractivity contribution is 4.86. The van der Waals surface area contributed by atoms with Gasteiger partial charge in [-0.15, -0.1) is 0 Å². The van der Waals surface area contributed by atoms with Crippen molar-refractivity contribution in [1.29, 1.82) is 0 Å². The molecule has 0 saturated carbocycles. The Morgan fingerprint density at radius 2 is 2.12 bits per heavy atom.